The molecule has 296 valence electrons. The number of amides is 2. The summed E-state index contributed by atoms with van der Waals surface area (Å²) in [7, 11) is 0. The smallest absolute Gasteiger partial charge is 0.352 e. The highest BCUT2D eigenvalue weighted by molar-refractivity contribution is 8.00. The molecule has 3 fully saturated rings. The predicted molar refractivity (Wildman–Crippen MR) is 202 cm³/mol. The first-order valence-electron chi connectivity index (χ1n) is 17.1. The second-order valence-corrected chi connectivity index (χ2v) is 16.4. The van der Waals surface area contributed by atoms with Crippen molar-refractivity contribution < 1.29 is 48.2 Å². The topological polar surface area (TPSA) is 262 Å². The maximum Gasteiger partial charge on any atom is 0.352 e. The molecule has 7 rings (SSSR count). The van der Waals surface area contributed by atoms with Crippen molar-refractivity contribution >= 4 is 91.9 Å². The van der Waals surface area contributed by atoms with Gasteiger partial charge in [0.2, 0.25) is 11.0 Å². The minimum absolute atomic E-state index is 0.0311. The van der Waals surface area contributed by atoms with Crippen LogP contribution in [0.4, 0.5) is 15.2 Å². The van der Waals surface area contributed by atoms with E-state index in [1.807, 2.05) is 0 Å². The number of nitrogens with one attached hydrogen (secondary N) is 1. The molecule has 3 aliphatic heterocycles. The van der Waals surface area contributed by atoms with Crippen LogP contribution in [0.25, 0.3) is 10.9 Å². The molecular formula is C34H34ClFN8O10S2. The van der Waals surface area contributed by atoms with Gasteiger partial charge >= 0.3 is 17.9 Å². The number of halogens is 2. The molecule has 0 spiro atoms. The maximum absolute atomic E-state index is 15.6. The van der Waals surface area contributed by atoms with Gasteiger partial charge in [0.05, 0.1) is 21.6 Å². The van der Waals surface area contributed by atoms with E-state index in [4.69, 9.17) is 32.6 Å². The van der Waals surface area contributed by atoms with Gasteiger partial charge in [-0.15, -0.1) is 23.1 Å². The largest absolute Gasteiger partial charge is 0.478 e. The number of pyridine rings is 1. The van der Waals surface area contributed by atoms with Gasteiger partial charge in [-0.2, -0.15) is 0 Å². The van der Waals surface area contributed by atoms with E-state index in [0.717, 1.165) is 46.9 Å². The van der Waals surface area contributed by atoms with Gasteiger partial charge in [0.1, 0.15) is 40.8 Å². The lowest BCUT2D eigenvalue weighted by atomic mass is 10.0. The molecule has 7 N–H and O–H groups in total. The number of benzene rings is 1. The number of carboxylic acids is 2. The van der Waals surface area contributed by atoms with Crippen molar-refractivity contribution in [1.29, 1.82) is 0 Å². The zero-order valence-electron chi connectivity index (χ0n) is 29.6. The molecule has 5 heterocycles. The van der Waals surface area contributed by atoms with Crippen molar-refractivity contribution in [3.05, 3.63) is 61.2 Å². The summed E-state index contributed by atoms with van der Waals surface area (Å²) in [6, 6.07) is -0.457. The highest BCUT2D eigenvalue weighted by Crippen LogP contribution is 2.43. The first-order chi connectivity index (χ1) is 26.5. The third kappa shape index (κ3) is 7.03. The Balaban J connectivity index is 1.10. The standard InChI is InChI=1S/C34H34ClFN8O10S2/c1-34(2,32(51)52)54-41-21(19-12-56-33(38)39-19)27(46)40-22-28(47)44-23(30(48)49)13(11-55-29(22)44)10-53-31(50)17-9-43(15-3-4-15)24-16(26(17)45)7-18(36)25(20(24)35)42-6-5-14(37)8-42/h7,9,12,14-15,22,29H,3-6,8,10-11,37H2,1-2H3,(H2,38,39)(H,40,46)(H,48,49)(H,51,52)/b41-21-/t14?,22-,29-/m1/s1. The molecule has 56 heavy (non-hydrogen) atoms. The van der Waals surface area contributed by atoms with Crippen molar-refractivity contribution in [3.63, 3.8) is 0 Å². The fraction of sp³-hybridized carbons (Fsp3) is 0.412. The van der Waals surface area contributed by atoms with Crippen LogP contribution in [0.15, 0.2) is 38.9 Å². The van der Waals surface area contributed by atoms with Crippen LogP contribution in [-0.2, 0) is 28.8 Å². The van der Waals surface area contributed by atoms with Crippen molar-refractivity contribution in [2.24, 2.45) is 10.9 Å². The summed E-state index contributed by atoms with van der Waals surface area (Å²) in [6.45, 7) is 2.67. The van der Waals surface area contributed by atoms with Gasteiger partial charge in [0.15, 0.2) is 10.8 Å². The number of β-lactam (4-membered cyclic amide) rings is 1. The number of carbonyl (C=O) groups is 5. The molecule has 1 aliphatic carbocycles. The van der Waals surface area contributed by atoms with E-state index in [1.165, 1.54) is 25.4 Å². The molecule has 0 bridgehead atoms. The zero-order valence-corrected chi connectivity index (χ0v) is 32.0. The lowest BCUT2D eigenvalue weighted by molar-refractivity contribution is -0.161. The zero-order chi connectivity index (χ0) is 40.4. The highest BCUT2D eigenvalue weighted by atomic mass is 35.5. The number of nitrogens with two attached hydrogens (primary N) is 2. The monoisotopic (exact) mass is 832 g/mol. The Labute approximate surface area is 329 Å². The summed E-state index contributed by atoms with van der Waals surface area (Å²) in [4.78, 5) is 89.8. The summed E-state index contributed by atoms with van der Waals surface area (Å²) < 4.78 is 22.7. The molecule has 0 radical (unpaired) electrons. The third-order valence-electron chi connectivity index (χ3n) is 9.66. The molecule has 3 atom stereocenters. The number of hydrogen-bond acceptors (Lipinski definition) is 15. The van der Waals surface area contributed by atoms with Gasteiger partial charge in [-0.05, 0) is 39.2 Å². The summed E-state index contributed by atoms with van der Waals surface area (Å²) in [6.07, 6.45) is 3.42. The predicted octanol–water partition coefficient (Wildman–Crippen LogP) is 1.88. The lowest BCUT2D eigenvalue weighted by Gasteiger charge is -2.49. The Morgan fingerprint density at radius 1 is 1.20 bits per heavy atom. The molecular weight excluding hydrogens is 799 g/mol. The number of fused-ring (bicyclic) bond motifs is 2. The number of aromatic nitrogens is 2. The summed E-state index contributed by atoms with van der Waals surface area (Å²) in [5, 5.41) is 26.2. The number of nitrogen functional groups attached to an aromatic ring is 1. The van der Waals surface area contributed by atoms with Crippen LogP contribution in [0.1, 0.15) is 55.2 Å². The quantitative estimate of drug-likeness (QED) is 0.0755. The second kappa shape index (κ2) is 14.7. The summed E-state index contributed by atoms with van der Waals surface area (Å²) >= 11 is 8.82. The Hall–Kier alpha value is -5.25. The number of carbonyl (C=O) groups excluding carboxylic acids is 3. The first kappa shape index (κ1) is 39.0. The van der Waals surface area contributed by atoms with Gasteiger partial charge in [-0.1, -0.05) is 16.8 Å². The third-order valence-corrected chi connectivity index (χ3v) is 12.0. The molecule has 3 aromatic rings. The summed E-state index contributed by atoms with van der Waals surface area (Å²) in [5.74, 6) is -6.55. The SMILES string of the molecule is CC(C)(O/N=C(\C(=O)N[C@@H]1C(=O)N2C(C(=O)O)=C(COC(=O)c3cn(C4CC4)c4c(Cl)c(N5CCC(N)C5)c(F)cc4c3=O)CS[C@H]12)c1csc(N)n1)C(=O)O. The van der Waals surface area contributed by atoms with E-state index in [-0.39, 0.29) is 55.8 Å². The molecule has 18 nitrogen and oxygen atoms in total. The maximum atomic E-state index is 15.6. The number of hydrogen-bond donors (Lipinski definition) is 5. The van der Waals surface area contributed by atoms with Crippen molar-refractivity contribution in [2.75, 3.05) is 36.1 Å². The number of thiazole rings is 1. The highest BCUT2D eigenvalue weighted by Gasteiger charge is 2.54. The minimum Gasteiger partial charge on any atom is -0.478 e. The number of esters is 1. The normalized spacial score (nSPS) is 21.2. The molecule has 1 aromatic carbocycles. The van der Waals surface area contributed by atoms with Gasteiger partial charge in [-0.3, -0.25) is 19.3 Å². The van der Waals surface area contributed by atoms with Crippen LogP contribution >= 0.6 is 34.7 Å². The second-order valence-electron chi connectivity index (χ2n) is 14.0. The molecule has 1 saturated carbocycles. The average Bonchev–Trinajstić information content (AvgIpc) is 3.77. The van der Waals surface area contributed by atoms with Crippen molar-refractivity contribution in [2.45, 2.75) is 62.2 Å². The Kier molecular flexibility index (Phi) is 10.2. The van der Waals surface area contributed by atoms with Gasteiger partial charge < -0.3 is 46.0 Å². The van der Waals surface area contributed by atoms with Crippen LogP contribution in [-0.4, -0.2) is 109 Å². The van der Waals surface area contributed by atoms with Crippen LogP contribution < -0.4 is 27.1 Å². The van der Waals surface area contributed by atoms with E-state index in [0.29, 0.717) is 19.5 Å². The number of aliphatic carboxylic acids is 2. The van der Waals surface area contributed by atoms with Gasteiger partial charge in [-0.25, -0.2) is 23.8 Å². The molecule has 1 unspecified atom stereocenters. The van der Waals surface area contributed by atoms with E-state index in [2.05, 4.69) is 15.5 Å². The number of anilines is 2. The van der Waals surface area contributed by atoms with Crippen LogP contribution in [0, 0.1) is 5.82 Å². The van der Waals surface area contributed by atoms with Gasteiger partial charge in [0, 0.05) is 48.1 Å². The molecule has 22 heteroatoms. The van der Waals surface area contributed by atoms with E-state index in [1.54, 1.807) is 9.47 Å². The van der Waals surface area contributed by atoms with Crippen LogP contribution in [0.5, 0.6) is 0 Å². The summed E-state index contributed by atoms with van der Waals surface area (Å²) in [5.41, 5.74) is 8.13. The van der Waals surface area contributed by atoms with Gasteiger partial charge in [0.25, 0.3) is 11.8 Å². The Morgan fingerprint density at radius 3 is 2.54 bits per heavy atom. The Morgan fingerprint density at radius 2 is 1.93 bits per heavy atom. The number of nitrogens with zero attached hydrogens (tertiary/aromatic N) is 5. The van der Waals surface area contributed by atoms with E-state index < -0.39 is 81.6 Å². The number of ether oxygens (including phenoxy) is 1. The van der Waals surface area contributed by atoms with Crippen molar-refractivity contribution in [3.8, 4) is 0 Å². The van der Waals surface area contributed by atoms with Crippen LogP contribution in [0.2, 0.25) is 5.02 Å². The van der Waals surface area contributed by atoms with E-state index in [9.17, 15) is 39.0 Å². The number of oxime groups is 1. The van der Waals surface area contributed by atoms with Crippen molar-refractivity contribution in [1.82, 2.24) is 19.8 Å². The number of carboxylic acid groups (broad SMARTS) is 2. The molecule has 2 saturated heterocycles. The Bertz CT molecular complexity index is 2340. The fourth-order valence-electron chi connectivity index (χ4n) is 6.53. The van der Waals surface area contributed by atoms with E-state index >= 15 is 4.39 Å². The number of rotatable bonds is 12. The molecule has 2 aromatic heterocycles. The minimum atomic E-state index is -1.84. The first-order valence-corrected chi connectivity index (χ1v) is 19.4. The number of thioether (sulfide) groups is 1. The molecule has 4 aliphatic rings. The molecule has 2 amide bonds. The lowest BCUT2D eigenvalue weighted by Crippen LogP contribution is -2.71. The van der Waals surface area contributed by atoms with Crippen LogP contribution in [0.3, 0.4) is 0 Å². The fourth-order valence-corrected chi connectivity index (χ4v) is 8.82. The average molecular weight is 833 g/mol.